The summed E-state index contributed by atoms with van der Waals surface area (Å²) in [6.07, 6.45) is 4.47. The molecule has 1 atom stereocenters. The maximum Gasteiger partial charge on any atom is 0.171 e. The lowest BCUT2D eigenvalue weighted by Gasteiger charge is -2.18. The van der Waals surface area contributed by atoms with E-state index in [0.29, 0.717) is 12.2 Å². The van der Waals surface area contributed by atoms with Gasteiger partial charge in [0, 0.05) is 23.5 Å². The molecular weight excluding hydrogens is 216 g/mol. The molecule has 0 bridgehead atoms. The Morgan fingerprint density at radius 3 is 3.06 bits per heavy atom. The molecule has 1 aromatic heterocycles. The maximum absolute atomic E-state index is 12.1. The van der Waals surface area contributed by atoms with Crippen molar-refractivity contribution in [3.05, 3.63) is 16.9 Å². The lowest BCUT2D eigenvalue weighted by atomic mass is 9.84. The lowest BCUT2D eigenvalue weighted by molar-refractivity contribution is -0.116. The number of rotatable bonds is 2. The molecule has 0 aliphatic heterocycles. The van der Waals surface area contributed by atoms with Crippen LogP contribution in [0.5, 0.6) is 0 Å². The molecule has 0 amide bonds. The Morgan fingerprint density at radius 1 is 1.47 bits per heavy atom. The minimum Gasteiger partial charge on any atom is -0.381 e. The van der Waals surface area contributed by atoms with E-state index in [1.54, 1.807) is 0 Å². The summed E-state index contributed by atoms with van der Waals surface area (Å²) < 4.78 is 5.32. The van der Waals surface area contributed by atoms with E-state index in [9.17, 15) is 4.79 Å². The average molecular weight is 232 g/mol. The second-order valence-corrected chi connectivity index (χ2v) is 4.82. The van der Waals surface area contributed by atoms with E-state index in [2.05, 4.69) is 12.1 Å². The Labute approximate surface area is 99.8 Å². The number of fused-ring (bicyclic) bond motifs is 2. The van der Waals surface area contributed by atoms with Crippen LogP contribution >= 0.6 is 0 Å². The normalized spacial score (nSPS) is 22.9. The Morgan fingerprint density at radius 2 is 2.29 bits per heavy atom. The standard InChI is InChI=1S/C13H16N2O2/c1-2-4-7-10-8(5-3-6-9(10)16)12-11(7)13(14)15-17-12/h7H,2-6H2,1H3,(H2,14,15)/t7-/m1/s1. The number of carbonyl (C=O) groups excluding carboxylic acids is 1. The number of nitrogens with zero attached hydrogens (tertiary/aromatic N) is 1. The molecule has 0 radical (unpaired) electrons. The Hall–Kier alpha value is -1.58. The highest BCUT2D eigenvalue weighted by molar-refractivity contribution is 6.07. The van der Waals surface area contributed by atoms with Crippen molar-refractivity contribution in [3.8, 4) is 0 Å². The number of carbonyl (C=O) groups is 1. The van der Waals surface area contributed by atoms with Crippen LogP contribution in [-0.2, 0) is 4.79 Å². The van der Waals surface area contributed by atoms with Crippen molar-refractivity contribution in [1.82, 2.24) is 5.16 Å². The molecule has 2 aliphatic rings. The first-order valence-corrected chi connectivity index (χ1v) is 6.25. The molecule has 4 heteroatoms. The number of ketones is 1. The molecule has 2 N–H and O–H groups in total. The zero-order chi connectivity index (χ0) is 12.0. The first-order chi connectivity index (χ1) is 8.24. The summed E-state index contributed by atoms with van der Waals surface area (Å²) in [5.41, 5.74) is 8.86. The second-order valence-electron chi connectivity index (χ2n) is 4.82. The smallest absolute Gasteiger partial charge is 0.171 e. The number of allylic oxidation sites excluding steroid dienone is 2. The zero-order valence-electron chi connectivity index (χ0n) is 9.95. The lowest BCUT2D eigenvalue weighted by Crippen LogP contribution is -2.13. The number of Topliss-reactive ketones (excluding diaryl/α,β-unsaturated/α-hetero) is 1. The van der Waals surface area contributed by atoms with E-state index in [4.69, 9.17) is 10.3 Å². The van der Waals surface area contributed by atoms with Crippen LogP contribution in [-0.4, -0.2) is 10.9 Å². The minimum absolute atomic E-state index is 0.129. The molecule has 3 rings (SSSR count). The highest BCUT2D eigenvalue weighted by Crippen LogP contribution is 2.50. The Bertz CT molecular complexity index is 513. The maximum atomic E-state index is 12.1. The van der Waals surface area contributed by atoms with Gasteiger partial charge in [-0.3, -0.25) is 4.79 Å². The van der Waals surface area contributed by atoms with Crippen LogP contribution in [0.4, 0.5) is 5.82 Å². The summed E-state index contributed by atoms with van der Waals surface area (Å²) in [6.45, 7) is 2.12. The minimum atomic E-state index is 0.129. The van der Waals surface area contributed by atoms with Crippen LogP contribution in [0.1, 0.15) is 56.3 Å². The van der Waals surface area contributed by atoms with Crippen molar-refractivity contribution in [2.45, 2.75) is 44.9 Å². The van der Waals surface area contributed by atoms with E-state index in [0.717, 1.165) is 48.2 Å². The van der Waals surface area contributed by atoms with Gasteiger partial charge in [0.05, 0.1) is 5.56 Å². The number of hydrogen-bond acceptors (Lipinski definition) is 4. The molecule has 17 heavy (non-hydrogen) atoms. The van der Waals surface area contributed by atoms with Crippen molar-refractivity contribution < 1.29 is 9.32 Å². The monoisotopic (exact) mass is 232 g/mol. The third-order valence-electron chi connectivity index (χ3n) is 3.76. The quantitative estimate of drug-likeness (QED) is 0.851. The molecule has 0 saturated carbocycles. The molecule has 0 fully saturated rings. The molecule has 0 spiro atoms. The molecule has 0 saturated heterocycles. The van der Waals surface area contributed by atoms with E-state index in [-0.39, 0.29) is 11.7 Å². The van der Waals surface area contributed by atoms with Gasteiger partial charge >= 0.3 is 0 Å². The van der Waals surface area contributed by atoms with E-state index in [1.807, 2.05) is 0 Å². The third kappa shape index (κ3) is 1.36. The topological polar surface area (TPSA) is 69.1 Å². The van der Waals surface area contributed by atoms with Crippen molar-refractivity contribution >= 4 is 17.2 Å². The van der Waals surface area contributed by atoms with E-state index >= 15 is 0 Å². The van der Waals surface area contributed by atoms with Crippen molar-refractivity contribution in [2.75, 3.05) is 5.73 Å². The van der Waals surface area contributed by atoms with Gasteiger partial charge in [-0.15, -0.1) is 0 Å². The molecular formula is C13H16N2O2. The van der Waals surface area contributed by atoms with Gasteiger partial charge in [-0.1, -0.05) is 18.5 Å². The zero-order valence-corrected chi connectivity index (χ0v) is 9.95. The SMILES string of the molecule is CCC[C@@H]1C2=C(CCCC2=O)c2onc(N)c21. The fourth-order valence-electron chi connectivity index (χ4n) is 3.09. The van der Waals surface area contributed by atoms with E-state index in [1.165, 1.54) is 0 Å². The van der Waals surface area contributed by atoms with Crippen LogP contribution in [0.15, 0.2) is 10.1 Å². The molecule has 1 heterocycles. The molecule has 1 aromatic rings. The van der Waals surface area contributed by atoms with Crippen LogP contribution in [0.3, 0.4) is 0 Å². The van der Waals surface area contributed by atoms with Crippen LogP contribution < -0.4 is 5.73 Å². The summed E-state index contributed by atoms with van der Waals surface area (Å²) >= 11 is 0. The number of anilines is 1. The summed E-state index contributed by atoms with van der Waals surface area (Å²) in [5, 5.41) is 3.84. The summed E-state index contributed by atoms with van der Waals surface area (Å²) in [5.74, 6) is 1.64. The third-order valence-corrected chi connectivity index (χ3v) is 3.76. The molecule has 90 valence electrons. The highest BCUT2D eigenvalue weighted by atomic mass is 16.5. The number of aromatic nitrogens is 1. The van der Waals surface area contributed by atoms with Crippen molar-refractivity contribution in [1.29, 1.82) is 0 Å². The van der Waals surface area contributed by atoms with Crippen molar-refractivity contribution in [3.63, 3.8) is 0 Å². The fourth-order valence-corrected chi connectivity index (χ4v) is 3.09. The summed E-state index contributed by atoms with van der Waals surface area (Å²) in [7, 11) is 0. The summed E-state index contributed by atoms with van der Waals surface area (Å²) in [4.78, 5) is 12.1. The highest BCUT2D eigenvalue weighted by Gasteiger charge is 2.40. The predicted molar refractivity (Wildman–Crippen MR) is 64.3 cm³/mol. The largest absolute Gasteiger partial charge is 0.381 e. The molecule has 0 unspecified atom stereocenters. The Kier molecular flexibility index (Phi) is 2.31. The van der Waals surface area contributed by atoms with Crippen LogP contribution in [0, 0.1) is 0 Å². The number of nitrogen functional groups attached to an aromatic ring is 1. The van der Waals surface area contributed by atoms with Gasteiger partial charge in [0.2, 0.25) is 0 Å². The fraction of sp³-hybridized carbons (Fsp3) is 0.538. The van der Waals surface area contributed by atoms with Crippen LogP contribution in [0.2, 0.25) is 0 Å². The first kappa shape index (κ1) is 10.6. The predicted octanol–water partition coefficient (Wildman–Crippen LogP) is 2.66. The van der Waals surface area contributed by atoms with Gasteiger partial charge in [0.1, 0.15) is 0 Å². The molecule has 2 aliphatic carbocycles. The average Bonchev–Trinajstić information content (AvgIpc) is 2.82. The molecule has 4 nitrogen and oxygen atoms in total. The van der Waals surface area contributed by atoms with Gasteiger partial charge < -0.3 is 10.3 Å². The first-order valence-electron chi connectivity index (χ1n) is 6.25. The Balaban J connectivity index is 2.15. The van der Waals surface area contributed by atoms with Gasteiger partial charge in [-0.2, -0.15) is 0 Å². The van der Waals surface area contributed by atoms with Gasteiger partial charge in [0.15, 0.2) is 17.4 Å². The van der Waals surface area contributed by atoms with Gasteiger partial charge in [-0.05, 0) is 19.3 Å². The van der Waals surface area contributed by atoms with Gasteiger partial charge in [0.25, 0.3) is 0 Å². The van der Waals surface area contributed by atoms with Crippen molar-refractivity contribution in [2.24, 2.45) is 0 Å². The van der Waals surface area contributed by atoms with Crippen LogP contribution in [0.25, 0.3) is 5.57 Å². The van der Waals surface area contributed by atoms with Gasteiger partial charge in [-0.25, -0.2) is 0 Å². The molecule has 0 aromatic carbocycles. The number of hydrogen-bond donors (Lipinski definition) is 1. The second kappa shape index (κ2) is 3.72. The summed E-state index contributed by atoms with van der Waals surface area (Å²) in [6, 6.07) is 0. The van der Waals surface area contributed by atoms with E-state index < -0.39 is 0 Å². The number of nitrogens with two attached hydrogens (primary N) is 1.